The number of rotatable bonds is 3. The van der Waals surface area contributed by atoms with E-state index in [1.165, 1.54) is 5.56 Å². The number of allylic oxidation sites excluding steroid dienone is 4. The lowest BCUT2D eigenvalue weighted by atomic mass is 9.91. The number of dihydropyridines is 1. The van der Waals surface area contributed by atoms with Crippen LogP contribution in [-0.2, 0) is 0 Å². The molecule has 0 radical (unpaired) electrons. The molecule has 3 atom stereocenters. The molecule has 0 saturated heterocycles. The van der Waals surface area contributed by atoms with E-state index in [2.05, 4.69) is 30.6 Å². The van der Waals surface area contributed by atoms with E-state index in [0.29, 0.717) is 11.3 Å². The molecule has 19 heavy (non-hydrogen) atoms. The minimum absolute atomic E-state index is 0.0277. The van der Waals surface area contributed by atoms with Crippen LogP contribution in [0.15, 0.2) is 77.8 Å². The van der Waals surface area contributed by atoms with E-state index < -0.39 is 6.52 Å². The van der Waals surface area contributed by atoms with Gasteiger partial charge in [-0.2, -0.15) is 0 Å². The van der Waals surface area contributed by atoms with Crippen molar-refractivity contribution in [3.63, 3.8) is 0 Å². The monoisotopic (exact) mass is 271 g/mol. The van der Waals surface area contributed by atoms with Crippen LogP contribution in [-0.4, -0.2) is 11.8 Å². The largest absolute Gasteiger partial charge is 0.381 e. The second kappa shape index (κ2) is 5.14. The summed E-state index contributed by atoms with van der Waals surface area (Å²) in [6, 6.07) is 7.64. The molecule has 1 nitrogen and oxygen atoms in total. The standard InChI is InChI=1S/C17H17NS/c1-3-13-14-8-4-5-10-16(14)19-17(13)12(2)15-9-6-7-11-18-15/h3-10,13,17-18H,1-2,11H2/i6D,7D,9D,11D. The van der Waals surface area contributed by atoms with E-state index >= 15 is 0 Å². The summed E-state index contributed by atoms with van der Waals surface area (Å²) in [7, 11) is 0. The van der Waals surface area contributed by atoms with Crippen molar-refractivity contribution < 1.29 is 5.48 Å². The first kappa shape index (κ1) is 8.49. The van der Waals surface area contributed by atoms with Crippen LogP contribution < -0.4 is 5.32 Å². The van der Waals surface area contributed by atoms with Crippen LogP contribution in [0.25, 0.3) is 0 Å². The lowest BCUT2D eigenvalue weighted by Crippen LogP contribution is -2.22. The number of hydrogen-bond acceptors (Lipinski definition) is 2. The van der Waals surface area contributed by atoms with Crippen molar-refractivity contribution in [1.82, 2.24) is 5.32 Å². The molecule has 2 heterocycles. The Bertz CT molecular complexity index is 753. The highest BCUT2D eigenvalue weighted by Crippen LogP contribution is 2.49. The fraction of sp³-hybridized carbons (Fsp3) is 0.176. The second-order valence-corrected chi connectivity index (χ2v) is 5.60. The third kappa shape index (κ3) is 2.17. The van der Waals surface area contributed by atoms with Crippen LogP contribution in [0.5, 0.6) is 0 Å². The topological polar surface area (TPSA) is 12.0 Å². The van der Waals surface area contributed by atoms with Crippen LogP contribution in [0.3, 0.4) is 0 Å². The van der Waals surface area contributed by atoms with Crippen LogP contribution in [0.1, 0.15) is 17.0 Å². The maximum absolute atomic E-state index is 8.11. The highest BCUT2D eigenvalue weighted by atomic mass is 32.2. The quantitative estimate of drug-likeness (QED) is 0.833. The molecule has 3 unspecified atom stereocenters. The van der Waals surface area contributed by atoms with Crippen molar-refractivity contribution in [3.05, 3.63) is 78.5 Å². The summed E-state index contributed by atoms with van der Waals surface area (Å²) in [4.78, 5) is 1.16. The summed E-state index contributed by atoms with van der Waals surface area (Å²) in [5.74, 6) is 0.0746. The normalized spacial score (nSPS) is 32.7. The number of hydrogen-bond donors (Lipinski definition) is 1. The minimum Gasteiger partial charge on any atom is -0.381 e. The van der Waals surface area contributed by atoms with Crippen LogP contribution in [0.2, 0.25) is 0 Å². The van der Waals surface area contributed by atoms with Gasteiger partial charge in [0.1, 0.15) is 0 Å². The number of nitrogens with one attached hydrogen (secondary N) is 1. The SMILES string of the molecule is [2H]C1=C(C(=C)C2Sc3ccccc3C2C=C)NC([2H])C([2H])=C1[2H]. The third-order valence-electron chi connectivity index (χ3n) is 3.33. The van der Waals surface area contributed by atoms with Gasteiger partial charge in [0.2, 0.25) is 0 Å². The average Bonchev–Trinajstić information content (AvgIpc) is 2.94. The summed E-state index contributed by atoms with van der Waals surface area (Å²) >= 11 is 1.66. The third-order valence-corrected chi connectivity index (χ3v) is 4.78. The molecule has 0 saturated carbocycles. The van der Waals surface area contributed by atoms with Crippen LogP contribution >= 0.6 is 11.8 Å². The predicted octanol–water partition coefficient (Wildman–Crippen LogP) is 4.03. The summed E-state index contributed by atoms with van der Waals surface area (Å²) in [6.45, 7) is 7.03. The maximum Gasteiger partial charge on any atom is 0.0645 e. The fourth-order valence-corrected chi connectivity index (χ4v) is 3.80. The molecule has 1 aromatic carbocycles. The summed E-state index contributed by atoms with van der Waals surface area (Å²) < 4.78 is 31.5. The molecule has 3 rings (SSSR count). The van der Waals surface area contributed by atoms with E-state index in [9.17, 15) is 0 Å². The Morgan fingerprint density at radius 3 is 3.21 bits per heavy atom. The van der Waals surface area contributed by atoms with Crippen molar-refractivity contribution in [3.8, 4) is 0 Å². The highest BCUT2D eigenvalue weighted by Gasteiger charge is 2.33. The Morgan fingerprint density at radius 1 is 1.53 bits per heavy atom. The Morgan fingerprint density at radius 2 is 2.37 bits per heavy atom. The average molecular weight is 271 g/mol. The first-order valence-corrected chi connectivity index (χ1v) is 6.98. The van der Waals surface area contributed by atoms with Crippen LogP contribution in [0, 0.1) is 0 Å². The molecule has 2 aliphatic rings. The van der Waals surface area contributed by atoms with Gasteiger partial charge in [-0.05, 0) is 23.3 Å². The van der Waals surface area contributed by atoms with Gasteiger partial charge in [-0.25, -0.2) is 0 Å². The van der Waals surface area contributed by atoms with Gasteiger partial charge in [0.15, 0.2) is 0 Å². The van der Waals surface area contributed by atoms with Crippen molar-refractivity contribution in [1.29, 1.82) is 0 Å². The molecule has 2 aliphatic heterocycles. The Balaban J connectivity index is 1.98. The zero-order valence-corrected chi connectivity index (χ0v) is 11.3. The lowest BCUT2D eigenvalue weighted by molar-refractivity contribution is 0.818. The molecule has 0 amide bonds. The Hall–Kier alpha value is -1.67. The number of benzene rings is 1. The molecule has 0 fully saturated rings. The van der Waals surface area contributed by atoms with Gasteiger partial charge >= 0.3 is 0 Å². The number of fused-ring (bicyclic) bond motifs is 1. The number of thioether (sulfide) groups is 1. The van der Waals surface area contributed by atoms with E-state index in [-0.39, 0.29) is 29.3 Å². The molecule has 0 bridgehead atoms. The minimum atomic E-state index is -1.03. The first-order chi connectivity index (χ1) is 11.0. The molecule has 96 valence electrons. The van der Waals surface area contributed by atoms with E-state index in [1.807, 2.05) is 18.2 Å². The van der Waals surface area contributed by atoms with Crippen molar-refractivity contribution in [2.45, 2.75) is 16.1 Å². The van der Waals surface area contributed by atoms with Gasteiger partial charge in [-0.3, -0.25) is 0 Å². The highest BCUT2D eigenvalue weighted by molar-refractivity contribution is 8.00. The van der Waals surface area contributed by atoms with Crippen molar-refractivity contribution >= 4 is 11.8 Å². The van der Waals surface area contributed by atoms with E-state index in [0.717, 1.165) is 4.90 Å². The first-order valence-electron chi connectivity index (χ1n) is 8.18. The van der Waals surface area contributed by atoms with Gasteiger partial charge < -0.3 is 5.32 Å². The smallest absolute Gasteiger partial charge is 0.0645 e. The molecular weight excluding hydrogens is 250 g/mol. The lowest BCUT2D eigenvalue weighted by Gasteiger charge is -2.22. The summed E-state index contributed by atoms with van der Waals surface area (Å²) in [6.07, 6.45) is 1.88. The molecule has 0 spiro atoms. The van der Waals surface area contributed by atoms with Crippen molar-refractivity contribution in [2.24, 2.45) is 0 Å². The van der Waals surface area contributed by atoms with Gasteiger partial charge in [0, 0.05) is 28.3 Å². The van der Waals surface area contributed by atoms with E-state index in [4.69, 9.17) is 5.48 Å². The summed E-state index contributed by atoms with van der Waals surface area (Å²) in [5.41, 5.74) is 2.26. The van der Waals surface area contributed by atoms with Gasteiger partial charge in [-0.1, -0.05) is 43.0 Å². The zero-order valence-electron chi connectivity index (χ0n) is 14.4. The zero-order chi connectivity index (χ0) is 16.7. The molecule has 0 aliphatic carbocycles. The Labute approximate surface area is 124 Å². The predicted molar refractivity (Wildman–Crippen MR) is 83.4 cm³/mol. The fourth-order valence-electron chi connectivity index (χ4n) is 2.37. The molecule has 1 N–H and O–H groups in total. The maximum atomic E-state index is 8.11. The van der Waals surface area contributed by atoms with Crippen molar-refractivity contribution in [2.75, 3.05) is 6.52 Å². The molecular formula is C17H17NS. The Kier molecular flexibility index (Phi) is 2.30. The summed E-state index contributed by atoms with van der Waals surface area (Å²) in [5, 5.41) is 2.81. The second-order valence-electron chi connectivity index (χ2n) is 4.42. The van der Waals surface area contributed by atoms with E-state index in [1.54, 1.807) is 11.8 Å². The van der Waals surface area contributed by atoms with Crippen LogP contribution in [0.4, 0.5) is 0 Å². The molecule has 1 aromatic rings. The van der Waals surface area contributed by atoms with Gasteiger partial charge in [0.25, 0.3) is 0 Å². The molecule has 2 heteroatoms. The molecule has 0 aromatic heterocycles. The van der Waals surface area contributed by atoms with Gasteiger partial charge in [0.05, 0.1) is 5.48 Å². The van der Waals surface area contributed by atoms with Gasteiger partial charge in [-0.15, -0.1) is 18.3 Å².